The van der Waals surface area contributed by atoms with E-state index in [1.54, 1.807) is 21.0 Å². The first-order valence-electron chi connectivity index (χ1n) is 5.20. The minimum Gasteiger partial charge on any atom is -0.347 e. The largest absolute Gasteiger partial charge is 0.347 e. The Morgan fingerprint density at radius 2 is 1.93 bits per heavy atom. The summed E-state index contributed by atoms with van der Waals surface area (Å²) in [5, 5.41) is 5.60. The van der Waals surface area contributed by atoms with Gasteiger partial charge >= 0.3 is 0 Å². The van der Waals surface area contributed by atoms with Gasteiger partial charge in [0, 0.05) is 14.1 Å². The topological polar surface area (TPSA) is 61.4 Å². The molecule has 0 saturated carbocycles. The van der Waals surface area contributed by atoms with Crippen LogP contribution in [-0.2, 0) is 9.59 Å². The number of hydrogen-bond donors (Lipinski definition) is 2. The van der Waals surface area contributed by atoms with E-state index in [4.69, 9.17) is 0 Å². The second-order valence-corrected chi connectivity index (χ2v) is 3.70. The highest BCUT2D eigenvalue weighted by Gasteiger charge is 2.16. The molecule has 0 bridgehead atoms. The van der Waals surface area contributed by atoms with Crippen LogP contribution in [0.25, 0.3) is 0 Å². The van der Waals surface area contributed by atoms with Gasteiger partial charge < -0.3 is 15.5 Å². The van der Waals surface area contributed by atoms with Gasteiger partial charge in [0.1, 0.15) is 6.04 Å². The van der Waals surface area contributed by atoms with Crippen LogP contribution in [0.5, 0.6) is 0 Å². The third-order valence-corrected chi connectivity index (χ3v) is 1.90. The Morgan fingerprint density at radius 3 is 2.40 bits per heavy atom. The van der Waals surface area contributed by atoms with Crippen molar-refractivity contribution in [3.8, 4) is 0 Å². The molecule has 0 fully saturated rings. The number of nitrogens with one attached hydrogen (secondary N) is 2. The highest BCUT2D eigenvalue weighted by molar-refractivity contribution is 5.87. The summed E-state index contributed by atoms with van der Waals surface area (Å²) in [4.78, 5) is 24.2. The van der Waals surface area contributed by atoms with Gasteiger partial charge in [-0.1, -0.05) is 6.92 Å². The van der Waals surface area contributed by atoms with E-state index in [0.717, 1.165) is 13.0 Å². The first-order chi connectivity index (χ1) is 6.99. The fourth-order valence-electron chi connectivity index (χ4n) is 1.12. The van der Waals surface area contributed by atoms with E-state index >= 15 is 0 Å². The Hall–Kier alpha value is -1.10. The smallest absolute Gasteiger partial charge is 0.244 e. The molecule has 1 unspecified atom stereocenters. The van der Waals surface area contributed by atoms with Gasteiger partial charge in [0.15, 0.2) is 0 Å². The summed E-state index contributed by atoms with van der Waals surface area (Å²) >= 11 is 0. The fourth-order valence-corrected chi connectivity index (χ4v) is 1.12. The van der Waals surface area contributed by atoms with Crippen molar-refractivity contribution in [3.63, 3.8) is 0 Å². The Kier molecular flexibility index (Phi) is 6.70. The van der Waals surface area contributed by atoms with Crippen LogP contribution >= 0.6 is 0 Å². The quantitative estimate of drug-likeness (QED) is 0.592. The molecular weight excluding hydrogens is 194 g/mol. The summed E-state index contributed by atoms with van der Waals surface area (Å²) in [6.07, 6.45) is 0.986. The third kappa shape index (κ3) is 6.06. The standard InChI is InChI=1S/C10H21N3O2/c1-5-6-11-7-9(14)12-8(2)10(15)13(3)4/h8,11H,5-7H2,1-4H3,(H,12,14). The van der Waals surface area contributed by atoms with E-state index in [2.05, 4.69) is 10.6 Å². The van der Waals surface area contributed by atoms with Crippen LogP contribution in [-0.4, -0.2) is 49.9 Å². The van der Waals surface area contributed by atoms with Crippen LogP contribution in [0, 0.1) is 0 Å². The molecular formula is C10H21N3O2. The van der Waals surface area contributed by atoms with Gasteiger partial charge in [0.2, 0.25) is 11.8 Å². The van der Waals surface area contributed by atoms with Crippen molar-refractivity contribution >= 4 is 11.8 Å². The highest BCUT2D eigenvalue weighted by atomic mass is 16.2. The van der Waals surface area contributed by atoms with E-state index < -0.39 is 6.04 Å². The summed E-state index contributed by atoms with van der Waals surface area (Å²) in [6, 6.07) is -0.462. The van der Waals surface area contributed by atoms with Crippen LogP contribution in [0.4, 0.5) is 0 Å². The zero-order valence-corrected chi connectivity index (χ0v) is 9.96. The monoisotopic (exact) mass is 215 g/mol. The molecule has 15 heavy (non-hydrogen) atoms. The molecule has 88 valence electrons. The normalized spacial score (nSPS) is 12.0. The molecule has 2 N–H and O–H groups in total. The maximum atomic E-state index is 11.4. The lowest BCUT2D eigenvalue weighted by Gasteiger charge is -2.18. The van der Waals surface area contributed by atoms with E-state index in [9.17, 15) is 9.59 Å². The average Bonchev–Trinajstić information content (AvgIpc) is 2.16. The first-order valence-corrected chi connectivity index (χ1v) is 5.20. The van der Waals surface area contributed by atoms with Gasteiger partial charge in [-0.05, 0) is 19.9 Å². The lowest BCUT2D eigenvalue weighted by molar-refractivity contribution is -0.133. The molecule has 1 atom stereocenters. The van der Waals surface area contributed by atoms with Crippen LogP contribution in [0.3, 0.4) is 0 Å². The van der Waals surface area contributed by atoms with Crippen LogP contribution in [0.1, 0.15) is 20.3 Å². The second kappa shape index (κ2) is 7.23. The SMILES string of the molecule is CCCNCC(=O)NC(C)C(=O)N(C)C. The molecule has 2 amide bonds. The fraction of sp³-hybridized carbons (Fsp3) is 0.800. The van der Waals surface area contributed by atoms with Gasteiger partial charge in [-0.15, -0.1) is 0 Å². The average molecular weight is 215 g/mol. The van der Waals surface area contributed by atoms with E-state index in [1.165, 1.54) is 4.90 Å². The highest BCUT2D eigenvalue weighted by Crippen LogP contribution is 1.88. The van der Waals surface area contributed by atoms with E-state index in [-0.39, 0.29) is 18.4 Å². The molecule has 5 nitrogen and oxygen atoms in total. The van der Waals surface area contributed by atoms with Crippen molar-refractivity contribution in [2.45, 2.75) is 26.3 Å². The lowest BCUT2D eigenvalue weighted by atomic mass is 10.3. The molecule has 0 rings (SSSR count). The summed E-state index contributed by atoms with van der Waals surface area (Å²) < 4.78 is 0. The summed E-state index contributed by atoms with van der Waals surface area (Å²) in [6.45, 7) is 4.78. The summed E-state index contributed by atoms with van der Waals surface area (Å²) in [5.41, 5.74) is 0. The van der Waals surface area contributed by atoms with Crippen molar-refractivity contribution in [1.82, 2.24) is 15.5 Å². The van der Waals surface area contributed by atoms with Gasteiger partial charge in [0.25, 0.3) is 0 Å². The Balaban J connectivity index is 3.81. The zero-order valence-electron chi connectivity index (χ0n) is 9.96. The predicted octanol–water partition coefficient (Wildman–Crippen LogP) is -0.421. The molecule has 5 heteroatoms. The summed E-state index contributed by atoms with van der Waals surface area (Å²) in [7, 11) is 3.33. The molecule has 0 aliphatic heterocycles. The van der Waals surface area contributed by atoms with Crippen LogP contribution in [0.2, 0.25) is 0 Å². The number of hydrogen-bond acceptors (Lipinski definition) is 3. The van der Waals surface area contributed by atoms with Crippen molar-refractivity contribution in [2.24, 2.45) is 0 Å². The Labute approximate surface area is 91.2 Å². The van der Waals surface area contributed by atoms with Gasteiger partial charge in [-0.2, -0.15) is 0 Å². The maximum Gasteiger partial charge on any atom is 0.244 e. The molecule has 0 aromatic rings. The van der Waals surface area contributed by atoms with Gasteiger partial charge in [0.05, 0.1) is 6.54 Å². The molecule has 0 aliphatic carbocycles. The molecule has 0 aromatic heterocycles. The summed E-state index contributed by atoms with van der Waals surface area (Å²) in [5.74, 6) is -0.245. The molecule has 0 spiro atoms. The minimum absolute atomic E-state index is 0.0983. The number of rotatable bonds is 6. The molecule has 0 radical (unpaired) electrons. The number of carbonyl (C=O) groups excluding carboxylic acids is 2. The number of nitrogens with zero attached hydrogens (tertiary/aromatic N) is 1. The predicted molar refractivity (Wildman–Crippen MR) is 59.5 cm³/mol. The van der Waals surface area contributed by atoms with E-state index in [1.807, 2.05) is 6.92 Å². The third-order valence-electron chi connectivity index (χ3n) is 1.90. The molecule has 0 aromatic carbocycles. The van der Waals surface area contributed by atoms with Gasteiger partial charge in [-0.25, -0.2) is 0 Å². The minimum atomic E-state index is -0.462. The van der Waals surface area contributed by atoms with Crippen molar-refractivity contribution in [1.29, 1.82) is 0 Å². The van der Waals surface area contributed by atoms with E-state index in [0.29, 0.717) is 0 Å². The Bertz CT molecular complexity index is 217. The number of amides is 2. The maximum absolute atomic E-state index is 11.4. The van der Waals surface area contributed by atoms with Crippen LogP contribution < -0.4 is 10.6 Å². The molecule has 0 heterocycles. The number of likely N-dealkylation sites (N-methyl/N-ethyl adjacent to an activating group) is 1. The second-order valence-electron chi connectivity index (χ2n) is 3.70. The number of carbonyl (C=O) groups is 2. The van der Waals surface area contributed by atoms with Crippen molar-refractivity contribution in [2.75, 3.05) is 27.2 Å². The van der Waals surface area contributed by atoms with Crippen LogP contribution in [0.15, 0.2) is 0 Å². The van der Waals surface area contributed by atoms with Crippen molar-refractivity contribution < 1.29 is 9.59 Å². The lowest BCUT2D eigenvalue weighted by Crippen LogP contribution is -2.46. The van der Waals surface area contributed by atoms with Gasteiger partial charge in [-0.3, -0.25) is 9.59 Å². The Morgan fingerprint density at radius 1 is 1.33 bits per heavy atom. The molecule has 0 saturated heterocycles. The molecule has 0 aliphatic rings. The van der Waals surface area contributed by atoms with Crippen molar-refractivity contribution in [3.05, 3.63) is 0 Å². The first kappa shape index (κ1) is 13.9. The zero-order chi connectivity index (χ0) is 11.8.